The lowest BCUT2D eigenvalue weighted by atomic mass is 9.96. The molecule has 1 N–H and O–H groups in total. The van der Waals surface area contributed by atoms with Crippen LogP contribution in [0.25, 0.3) is 0 Å². The summed E-state index contributed by atoms with van der Waals surface area (Å²) in [7, 11) is 2.08. The van der Waals surface area contributed by atoms with E-state index in [1.54, 1.807) is 0 Å². The van der Waals surface area contributed by atoms with Crippen LogP contribution in [0.4, 0.5) is 0 Å². The smallest absolute Gasteiger partial charge is 0.0764 e. The molecule has 0 radical (unpaired) electrons. The number of likely N-dealkylation sites (tertiary alicyclic amines) is 1. The maximum Gasteiger partial charge on any atom is 0.0764 e. The lowest BCUT2D eigenvalue weighted by Crippen LogP contribution is -2.43. The van der Waals surface area contributed by atoms with Gasteiger partial charge >= 0.3 is 0 Å². The van der Waals surface area contributed by atoms with Crippen LogP contribution in [0, 0.1) is 0 Å². The van der Waals surface area contributed by atoms with Gasteiger partial charge in [-0.15, -0.1) is 0 Å². The van der Waals surface area contributed by atoms with Gasteiger partial charge in [-0.3, -0.25) is 9.58 Å². The minimum atomic E-state index is 0.656. The van der Waals surface area contributed by atoms with E-state index in [-0.39, 0.29) is 0 Å². The third kappa shape index (κ3) is 3.41. The van der Waals surface area contributed by atoms with Crippen LogP contribution in [0.15, 0.2) is 12.3 Å². The van der Waals surface area contributed by atoms with Crippen LogP contribution in [0.5, 0.6) is 0 Å². The van der Waals surface area contributed by atoms with Crippen molar-refractivity contribution in [1.82, 2.24) is 20.0 Å². The van der Waals surface area contributed by atoms with Crippen LogP contribution in [0.2, 0.25) is 0 Å². The maximum atomic E-state index is 4.83. The Hall–Kier alpha value is -0.870. The largest absolute Gasteiger partial charge is 0.316 e. The molecule has 1 atom stereocenters. The summed E-state index contributed by atoms with van der Waals surface area (Å²) in [6.07, 6.45) is 11.6. The summed E-state index contributed by atoms with van der Waals surface area (Å²) in [6, 6.07) is 3.53. The van der Waals surface area contributed by atoms with E-state index < -0.39 is 0 Å². The van der Waals surface area contributed by atoms with Crippen molar-refractivity contribution in [3.05, 3.63) is 18.0 Å². The van der Waals surface area contributed by atoms with Gasteiger partial charge < -0.3 is 5.32 Å². The van der Waals surface area contributed by atoms with Crippen LogP contribution in [-0.2, 0) is 6.54 Å². The second-order valence-corrected chi connectivity index (χ2v) is 6.44. The molecule has 1 aliphatic carbocycles. The molecular formula is C16H28N4. The monoisotopic (exact) mass is 276 g/mol. The van der Waals surface area contributed by atoms with Crippen LogP contribution in [0.1, 0.15) is 56.7 Å². The Labute approximate surface area is 122 Å². The highest BCUT2D eigenvalue weighted by atomic mass is 15.3. The van der Waals surface area contributed by atoms with E-state index in [0.29, 0.717) is 12.1 Å². The second-order valence-electron chi connectivity index (χ2n) is 6.44. The summed E-state index contributed by atoms with van der Waals surface area (Å²) in [4.78, 5) is 2.54. The molecule has 2 heterocycles. The van der Waals surface area contributed by atoms with E-state index in [9.17, 15) is 0 Å². The lowest BCUT2D eigenvalue weighted by Gasteiger charge is -2.32. The first kappa shape index (κ1) is 14.1. The first-order valence-electron chi connectivity index (χ1n) is 8.29. The molecule has 1 aromatic rings. The number of likely N-dealkylation sites (N-methyl/N-ethyl adjacent to an activating group) is 1. The van der Waals surface area contributed by atoms with Crippen molar-refractivity contribution in [3.63, 3.8) is 0 Å². The van der Waals surface area contributed by atoms with Gasteiger partial charge in [0.15, 0.2) is 0 Å². The molecule has 1 saturated heterocycles. The third-order valence-corrected chi connectivity index (χ3v) is 4.91. The molecule has 1 aliphatic heterocycles. The molecule has 3 rings (SSSR count). The van der Waals surface area contributed by atoms with Crippen LogP contribution in [-0.4, -0.2) is 40.9 Å². The van der Waals surface area contributed by atoms with E-state index in [1.165, 1.54) is 57.2 Å². The van der Waals surface area contributed by atoms with Crippen molar-refractivity contribution in [2.45, 2.75) is 63.6 Å². The molecule has 0 aromatic carbocycles. The van der Waals surface area contributed by atoms with Gasteiger partial charge in [-0.2, -0.15) is 5.10 Å². The number of nitrogens with zero attached hydrogens (tertiary/aromatic N) is 3. The summed E-state index contributed by atoms with van der Waals surface area (Å²) < 4.78 is 2.23. The fraction of sp³-hybridized carbons (Fsp3) is 0.812. The van der Waals surface area contributed by atoms with Crippen molar-refractivity contribution >= 4 is 0 Å². The quantitative estimate of drug-likeness (QED) is 0.917. The Bertz CT molecular complexity index is 408. The summed E-state index contributed by atoms with van der Waals surface area (Å²) in [5.41, 5.74) is 1.24. The molecule has 112 valence electrons. The fourth-order valence-corrected chi connectivity index (χ4v) is 3.67. The first-order valence-corrected chi connectivity index (χ1v) is 8.29. The molecular weight excluding hydrogens is 248 g/mol. The van der Waals surface area contributed by atoms with E-state index in [0.717, 1.165) is 13.1 Å². The Morgan fingerprint density at radius 1 is 1.20 bits per heavy atom. The number of rotatable bonds is 4. The Balaban J connectivity index is 1.56. The first-order chi connectivity index (χ1) is 9.85. The number of hydrogen-bond acceptors (Lipinski definition) is 3. The topological polar surface area (TPSA) is 33.1 Å². The van der Waals surface area contributed by atoms with Crippen molar-refractivity contribution in [2.75, 3.05) is 20.1 Å². The maximum absolute atomic E-state index is 4.83. The highest BCUT2D eigenvalue weighted by molar-refractivity contribution is 5.00. The van der Waals surface area contributed by atoms with Crippen molar-refractivity contribution < 1.29 is 0 Å². The van der Waals surface area contributed by atoms with Gasteiger partial charge in [0.1, 0.15) is 0 Å². The minimum Gasteiger partial charge on any atom is -0.316 e. The molecule has 2 aliphatic rings. The molecule has 0 amide bonds. The van der Waals surface area contributed by atoms with Gasteiger partial charge in [0.2, 0.25) is 0 Å². The zero-order valence-corrected chi connectivity index (χ0v) is 12.7. The van der Waals surface area contributed by atoms with E-state index in [1.807, 2.05) is 0 Å². The van der Waals surface area contributed by atoms with Gasteiger partial charge in [0.25, 0.3) is 0 Å². The number of hydrogen-bond donors (Lipinski definition) is 1. The predicted octanol–water partition coefficient (Wildman–Crippen LogP) is 2.57. The van der Waals surface area contributed by atoms with Gasteiger partial charge in [0, 0.05) is 25.3 Å². The van der Waals surface area contributed by atoms with Crippen LogP contribution < -0.4 is 5.32 Å². The Morgan fingerprint density at radius 3 is 2.85 bits per heavy atom. The van der Waals surface area contributed by atoms with E-state index in [2.05, 4.69) is 34.2 Å². The zero-order chi connectivity index (χ0) is 13.8. The average Bonchev–Trinajstić information content (AvgIpc) is 2.97. The van der Waals surface area contributed by atoms with Gasteiger partial charge in [-0.05, 0) is 45.3 Å². The zero-order valence-electron chi connectivity index (χ0n) is 12.7. The fourth-order valence-electron chi connectivity index (χ4n) is 3.67. The lowest BCUT2D eigenvalue weighted by molar-refractivity contribution is 0.185. The standard InChI is InChI=1S/C16H28N4/c1-17-14-6-5-10-19(12-14)13-15-9-11-20(18-15)16-7-3-2-4-8-16/h9,11,14,16-17H,2-8,10,12-13H2,1H3. The van der Waals surface area contributed by atoms with Crippen LogP contribution >= 0.6 is 0 Å². The SMILES string of the molecule is CNC1CCCN(Cc2ccn(C3CCCCC3)n2)C1. The highest BCUT2D eigenvalue weighted by Gasteiger charge is 2.20. The molecule has 0 bridgehead atoms. The molecule has 20 heavy (non-hydrogen) atoms. The number of piperidine rings is 1. The molecule has 4 heteroatoms. The molecule has 1 saturated carbocycles. The third-order valence-electron chi connectivity index (χ3n) is 4.91. The normalized spacial score (nSPS) is 25.9. The molecule has 0 spiro atoms. The van der Waals surface area contributed by atoms with E-state index >= 15 is 0 Å². The van der Waals surface area contributed by atoms with E-state index in [4.69, 9.17) is 5.10 Å². The molecule has 4 nitrogen and oxygen atoms in total. The van der Waals surface area contributed by atoms with Gasteiger partial charge in [0.05, 0.1) is 11.7 Å². The van der Waals surface area contributed by atoms with Gasteiger partial charge in [-0.25, -0.2) is 0 Å². The van der Waals surface area contributed by atoms with Gasteiger partial charge in [-0.1, -0.05) is 19.3 Å². The van der Waals surface area contributed by atoms with Crippen LogP contribution in [0.3, 0.4) is 0 Å². The van der Waals surface area contributed by atoms with Crippen molar-refractivity contribution in [2.24, 2.45) is 0 Å². The minimum absolute atomic E-state index is 0.656. The summed E-state index contributed by atoms with van der Waals surface area (Å²) >= 11 is 0. The molecule has 1 aromatic heterocycles. The number of nitrogens with one attached hydrogen (secondary N) is 1. The average molecular weight is 276 g/mol. The summed E-state index contributed by atoms with van der Waals surface area (Å²) in [5.74, 6) is 0. The molecule has 2 fully saturated rings. The molecule has 1 unspecified atom stereocenters. The summed E-state index contributed by atoms with van der Waals surface area (Å²) in [5, 5.41) is 8.24. The second kappa shape index (κ2) is 6.72. The summed E-state index contributed by atoms with van der Waals surface area (Å²) in [6.45, 7) is 3.39. The van der Waals surface area contributed by atoms with Crippen molar-refractivity contribution in [1.29, 1.82) is 0 Å². The Morgan fingerprint density at radius 2 is 2.05 bits per heavy atom. The number of aromatic nitrogens is 2. The van der Waals surface area contributed by atoms with Crippen molar-refractivity contribution in [3.8, 4) is 0 Å². The Kier molecular flexibility index (Phi) is 4.73. The highest BCUT2D eigenvalue weighted by Crippen LogP contribution is 2.27. The predicted molar refractivity (Wildman–Crippen MR) is 81.7 cm³/mol.